The van der Waals surface area contributed by atoms with Crippen LogP contribution in [0.3, 0.4) is 0 Å². The summed E-state index contributed by atoms with van der Waals surface area (Å²) in [5.74, 6) is 0. The number of aromatic nitrogens is 3. The van der Waals surface area contributed by atoms with E-state index in [1.807, 2.05) is 11.7 Å². The van der Waals surface area contributed by atoms with Crippen molar-refractivity contribution in [1.82, 2.24) is 15.0 Å². The van der Waals surface area contributed by atoms with Gasteiger partial charge >= 0.3 is 0 Å². The van der Waals surface area contributed by atoms with Gasteiger partial charge < -0.3 is 0 Å². The van der Waals surface area contributed by atoms with Crippen LogP contribution in [-0.4, -0.2) is 15.0 Å². The van der Waals surface area contributed by atoms with Crippen LogP contribution in [0.15, 0.2) is 0 Å². The Labute approximate surface area is 73.8 Å². The molecule has 0 N–H and O–H groups in total. The first kappa shape index (κ1) is 9.23. The largest absolute Gasteiger partial charge is 0.252 e. The van der Waals surface area contributed by atoms with Gasteiger partial charge in [-0.05, 0) is 6.42 Å². The zero-order chi connectivity index (χ0) is 9.35. The first-order valence-electron chi connectivity index (χ1n) is 4.36. The highest BCUT2D eigenvalue weighted by molar-refractivity contribution is 5.18. The summed E-state index contributed by atoms with van der Waals surface area (Å²) in [7, 11) is 1.95. The van der Waals surface area contributed by atoms with Gasteiger partial charge in [-0.15, -0.1) is 5.10 Å². The molecule has 0 aliphatic carbocycles. The Morgan fingerprint density at radius 3 is 2.25 bits per heavy atom. The summed E-state index contributed by atoms with van der Waals surface area (Å²) in [6, 6.07) is 0. The van der Waals surface area contributed by atoms with Crippen molar-refractivity contribution in [3.8, 4) is 0 Å². The lowest BCUT2D eigenvalue weighted by Gasteiger charge is -2.16. The van der Waals surface area contributed by atoms with Gasteiger partial charge in [0.05, 0.1) is 11.4 Å². The molecular weight excluding hydrogens is 150 g/mol. The minimum Gasteiger partial charge on any atom is -0.252 e. The van der Waals surface area contributed by atoms with Crippen molar-refractivity contribution in [2.24, 2.45) is 7.05 Å². The second-order valence-corrected chi connectivity index (χ2v) is 4.11. The van der Waals surface area contributed by atoms with Gasteiger partial charge in [0, 0.05) is 12.5 Å². The van der Waals surface area contributed by atoms with Gasteiger partial charge in [-0.2, -0.15) is 0 Å². The van der Waals surface area contributed by atoms with Crippen LogP contribution in [0.1, 0.15) is 39.1 Å². The molecule has 0 spiro atoms. The predicted molar refractivity (Wildman–Crippen MR) is 49.1 cm³/mol. The summed E-state index contributed by atoms with van der Waals surface area (Å²) >= 11 is 0. The van der Waals surface area contributed by atoms with Crippen molar-refractivity contribution >= 4 is 0 Å². The Hall–Kier alpha value is -0.860. The molecule has 68 valence electrons. The number of nitrogens with zero attached hydrogens (tertiary/aromatic N) is 3. The molecule has 0 aliphatic rings. The molecule has 0 amide bonds. The van der Waals surface area contributed by atoms with Gasteiger partial charge in [0.15, 0.2) is 0 Å². The molecular formula is C9H17N3. The smallest absolute Gasteiger partial charge is 0.0912 e. The molecule has 3 heteroatoms. The molecule has 12 heavy (non-hydrogen) atoms. The zero-order valence-electron chi connectivity index (χ0n) is 8.55. The molecule has 1 rings (SSSR count). The third kappa shape index (κ3) is 1.49. The van der Waals surface area contributed by atoms with Crippen LogP contribution in [0.2, 0.25) is 0 Å². The third-order valence-corrected chi connectivity index (χ3v) is 1.99. The van der Waals surface area contributed by atoms with Crippen LogP contribution in [-0.2, 0) is 18.9 Å². The van der Waals surface area contributed by atoms with E-state index in [1.165, 1.54) is 5.69 Å². The second kappa shape index (κ2) is 2.88. The van der Waals surface area contributed by atoms with Crippen LogP contribution in [0, 0.1) is 0 Å². The molecule has 0 unspecified atom stereocenters. The molecule has 0 fully saturated rings. The lowest BCUT2D eigenvalue weighted by molar-refractivity contribution is 0.560. The molecule has 0 saturated carbocycles. The topological polar surface area (TPSA) is 30.7 Å². The maximum absolute atomic E-state index is 4.17. The molecule has 1 aromatic rings. The van der Waals surface area contributed by atoms with Gasteiger partial charge in [0.1, 0.15) is 0 Å². The summed E-state index contributed by atoms with van der Waals surface area (Å²) < 4.78 is 1.86. The highest BCUT2D eigenvalue weighted by atomic mass is 15.4. The van der Waals surface area contributed by atoms with Crippen molar-refractivity contribution < 1.29 is 0 Å². The molecule has 0 aliphatic heterocycles. The SMILES string of the molecule is CCc1c(C(C)(C)C)nnn1C. The summed E-state index contributed by atoms with van der Waals surface area (Å²) in [5, 5.41) is 8.19. The lowest BCUT2D eigenvalue weighted by atomic mass is 9.90. The first-order valence-corrected chi connectivity index (χ1v) is 4.36. The van der Waals surface area contributed by atoms with Gasteiger partial charge in [0.25, 0.3) is 0 Å². The molecule has 1 aromatic heterocycles. The van der Waals surface area contributed by atoms with E-state index in [-0.39, 0.29) is 5.41 Å². The van der Waals surface area contributed by atoms with E-state index in [0.717, 1.165) is 12.1 Å². The molecule has 3 nitrogen and oxygen atoms in total. The van der Waals surface area contributed by atoms with E-state index in [4.69, 9.17) is 0 Å². The summed E-state index contributed by atoms with van der Waals surface area (Å²) in [4.78, 5) is 0. The third-order valence-electron chi connectivity index (χ3n) is 1.99. The summed E-state index contributed by atoms with van der Waals surface area (Å²) in [6.07, 6.45) is 0.996. The standard InChI is InChI=1S/C9H17N3/c1-6-7-8(9(2,3)4)10-11-12(7)5/h6H2,1-5H3. The Balaban J connectivity index is 3.16. The molecule has 0 atom stereocenters. The van der Waals surface area contributed by atoms with E-state index in [1.54, 1.807) is 0 Å². The Morgan fingerprint density at radius 2 is 1.92 bits per heavy atom. The van der Waals surface area contributed by atoms with E-state index in [0.29, 0.717) is 0 Å². The minimum absolute atomic E-state index is 0.111. The van der Waals surface area contributed by atoms with Crippen molar-refractivity contribution in [3.63, 3.8) is 0 Å². The van der Waals surface area contributed by atoms with E-state index in [2.05, 4.69) is 38.0 Å². The number of aryl methyl sites for hydroxylation is 1. The van der Waals surface area contributed by atoms with Crippen LogP contribution in [0.5, 0.6) is 0 Å². The van der Waals surface area contributed by atoms with Gasteiger partial charge in [0.2, 0.25) is 0 Å². The van der Waals surface area contributed by atoms with Crippen LogP contribution >= 0.6 is 0 Å². The highest BCUT2D eigenvalue weighted by Gasteiger charge is 2.22. The Kier molecular flexibility index (Phi) is 2.22. The maximum atomic E-state index is 4.17. The average Bonchev–Trinajstić information content (AvgIpc) is 2.29. The lowest BCUT2D eigenvalue weighted by Crippen LogP contribution is -2.15. The number of hydrogen-bond acceptors (Lipinski definition) is 2. The fourth-order valence-corrected chi connectivity index (χ4v) is 1.36. The summed E-state index contributed by atoms with van der Waals surface area (Å²) in [5.41, 5.74) is 2.47. The fraction of sp³-hybridized carbons (Fsp3) is 0.778. The van der Waals surface area contributed by atoms with Crippen LogP contribution in [0.25, 0.3) is 0 Å². The molecule has 0 bridgehead atoms. The van der Waals surface area contributed by atoms with Crippen molar-refractivity contribution in [2.45, 2.75) is 39.5 Å². The Morgan fingerprint density at radius 1 is 1.33 bits per heavy atom. The quantitative estimate of drug-likeness (QED) is 0.637. The van der Waals surface area contributed by atoms with Gasteiger partial charge in [-0.1, -0.05) is 32.9 Å². The number of rotatable bonds is 1. The fourth-order valence-electron chi connectivity index (χ4n) is 1.36. The van der Waals surface area contributed by atoms with Gasteiger partial charge in [-0.3, -0.25) is 4.68 Å². The molecule has 0 aromatic carbocycles. The molecule has 0 saturated heterocycles. The first-order chi connectivity index (χ1) is 5.46. The molecule has 1 heterocycles. The van der Waals surface area contributed by atoms with Crippen molar-refractivity contribution in [3.05, 3.63) is 11.4 Å². The van der Waals surface area contributed by atoms with Crippen molar-refractivity contribution in [1.29, 1.82) is 0 Å². The van der Waals surface area contributed by atoms with Gasteiger partial charge in [-0.25, -0.2) is 0 Å². The van der Waals surface area contributed by atoms with E-state index >= 15 is 0 Å². The van der Waals surface area contributed by atoms with E-state index < -0.39 is 0 Å². The monoisotopic (exact) mass is 167 g/mol. The second-order valence-electron chi connectivity index (χ2n) is 4.11. The summed E-state index contributed by atoms with van der Waals surface area (Å²) in [6.45, 7) is 8.62. The predicted octanol–water partition coefficient (Wildman–Crippen LogP) is 1.68. The Bertz CT molecular complexity index is 268. The molecule has 0 radical (unpaired) electrons. The highest BCUT2D eigenvalue weighted by Crippen LogP contribution is 2.22. The van der Waals surface area contributed by atoms with Crippen LogP contribution in [0.4, 0.5) is 0 Å². The normalized spacial score (nSPS) is 12.1. The minimum atomic E-state index is 0.111. The maximum Gasteiger partial charge on any atom is 0.0912 e. The zero-order valence-corrected chi connectivity index (χ0v) is 8.55. The number of hydrogen-bond donors (Lipinski definition) is 0. The van der Waals surface area contributed by atoms with Crippen molar-refractivity contribution in [2.75, 3.05) is 0 Å². The van der Waals surface area contributed by atoms with Crippen LogP contribution < -0.4 is 0 Å². The average molecular weight is 167 g/mol. The van der Waals surface area contributed by atoms with E-state index in [9.17, 15) is 0 Å².